The molecule has 0 aliphatic carbocycles. The molecule has 3 nitrogen and oxygen atoms in total. The molecule has 19 heavy (non-hydrogen) atoms. The molecule has 0 rings (SSSR count). The largest absolute Gasteiger partial charge is 0.465 e. The van der Waals surface area contributed by atoms with Crippen LogP contribution in [0.1, 0.15) is 13.8 Å². The molecule has 0 aromatic heterocycles. The number of ketones is 1. The number of Topliss-reactive ketones (excluding diaryl/α,β-unsaturated/α-hetero) is 1. The Morgan fingerprint density at radius 3 is 1.74 bits per heavy atom. The van der Waals surface area contributed by atoms with Gasteiger partial charge in [-0.3, -0.25) is 9.59 Å². The van der Waals surface area contributed by atoms with Gasteiger partial charge >= 0.3 is 24.0 Å². The summed E-state index contributed by atoms with van der Waals surface area (Å²) in [4.78, 5) is 21.8. The number of hydrogen-bond donors (Lipinski definition) is 0. The molecular weight excluding hydrogens is 289 g/mol. The lowest BCUT2D eigenvalue weighted by Gasteiger charge is -2.31. The molecule has 0 aromatic carbocycles. The van der Waals surface area contributed by atoms with E-state index in [0.717, 1.165) is 6.92 Å². The zero-order valence-electron chi connectivity index (χ0n) is 9.65. The van der Waals surface area contributed by atoms with E-state index in [9.17, 15) is 40.3 Å². The van der Waals surface area contributed by atoms with Gasteiger partial charge in [0, 0.05) is 0 Å². The van der Waals surface area contributed by atoms with Crippen LogP contribution in [-0.2, 0) is 14.3 Å². The summed E-state index contributed by atoms with van der Waals surface area (Å²) in [6, 6.07) is 0. The molecule has 0 saturated carbocycles. The second-order valence-electron chi connectivity index (χ2n) is 3.49. The van der Waals surface area contributed by atoms with Crippen molar-refractivity contribution < 1.29 is 45.1 Å². The first-order valence-electron chi connectivity index (χ1n) is 4.80. The van der Waals surface area contributed by atoms with Gasteiger partial charge in [0.2, 0.25) is 0 Å². The highest BCUT2D eigenvalue weighted by Crippen LogP contribution is 2.50. The lowest BCUT2D eigenvalue weighted by Crippen LogP contribution is -2.59. The van der Waals surface area contributed by atoms with E-state index in [0.29, 0.717) is 6.92 Å². The third kappa shape index (κ3) is 3.16. The molecule has 0 fully saturated rings. The fourth-order valence-corrected chi connectivity index (χ4v) is 1.17. The minimum atomic E-state index is -6.61. The molecule has 112 valence electrons. The fourth-order valence-electron chi connectivity index (χ4n) is 1.17. The Morgan fingerprint density at radius 1 is 1.05 bits per heavy atom. The summed E-state index contributed by atoms with van der Waals surface area (Å²) >= 11 is 0. The van der Waals surface area contributed by atoms with Crippen molar-refractivity contribution in [2.24, 2.45) is 5.92 Å². The highest BCUT2D eigenvalue weighted by molar-refractivity contribution is 5.99. The smallest absolute Gasteiger partial charge is 0.459 e. The maximum absolute atomic E-state index is 13.2. The van der Waals surface area contributed by atoms with Crippen molar-refractivity contribution in [3.8, 4) is 0 Å². The maximum Gasteiger partial charge on any atom is 0.459 e. The van der Waals surface area contributed by atoms with E-state index >= 15 is 0 Å². The van der Waals surface area contributed by atoms with Crippen LogP contribution in [0.5, 0.6) is 0 Å². The van der Waals surface area contributed by atoms with Crippen molar-refractivity contribution in [1.82, 2.24) is 0 Å². The van der Waals surface area contributed by atoms with Gasteiger partial charge in [0.1, 0.15) is 5.78 Å². The van der Waals surface area contributed by atoms with E-state index in [1.807, 2.05) is 0 Å². The molecular formula is C9H9F7O3. The van der Waals surface area contributed by atoms with Gasteiger partial charge in [-0.25, -0.2) is 0 Å². The molecule has 0 N–H and O–H groups in total. The fraction of sp³-hybridized carbons (Fsp3) is 0.778. The van der Waals surface area contributed by atoms with Crippen LogP contribution in [0.15, 0.2) is 0 Å². The molecule has 0 saturated heterocycles. The Kier molecular flexibility index (Phi) is 4.96. The zero-order valence-corrected chi connectivity index (χ0v) is 9.65. The third-order valence-corrected chi connectivity index (χ3v) is 2.07. The zero-order chi connectivity index (χ0) is 15.6. The summed E-state index contributed by atoms with van der Waals surface area (Å²) in [5.41, 5.74) is 0. The van der Waals surface area contributed by atoms with Gasteiger partial charge in [-0.1, -0.05) is 0 Å². The molecule has 0 aromatic rings. The Hall–Kier alpha value is -1.35. The number of rotatable bonds is 5. The number of hydrogen-bond acceptors (Lipinski definition) is 3. The van der Waals surface area contributed by atoms with E-state index < -0.39 is 42.3 Å². The van der Waals surface area contributed by atoms with Crippen molar-refractivity contribution in [2.45, 2.75) is 31.9 Å². The van der Waals surface area contributed by atoms with E-state index in [4.69, 9.17) is 0 Å². The summed E-state index contributed by atoms with van der Waals surface area (Å²) < 4.78 is 91.4. The van der Waals surface area contributed by atoms with Gasteiger partial charge in [0.25, 0.3) is 0 Å². The van der Waals surface area contributed by atoms with Crippen LogP contribution in [0, 0.1) is 5.92 Å². The molecule has 0 aliphatic rings. The molecule has 1 unspecified atom stereocenters. The average Bonchev–Trinajstić information content (AvgIpc) is 2.14. The van der Waals surface area contributed by atoms with Crippen LogP contribution in [-0.4, -0.2) is 36.4 Å². The standard InChI is InChI=1S/C9H9F7O3/c1-3-19-6(18)5(4(2)17)7(10,11)8(12,13)9(14,15)16/h5H,3H2,1-2H3. The van der Waals surface area contributed by atoms with E-state index in [1.54, 1.807) is 0 Å². The lowest BCUT2D eigenvalue weighted by molar-refractivity contribution is -0.361. The molecule has 0 heterocycles. The van der Waals surface area contributed by atoms with Gasteiger partial charge in [0.05, 0.1) is 6.61 Å². The number of carbonyl (C=O) groups is 2. The van der Waals surface area contributed by atoms with Gasteiger partial charge < -0.3 is 4.74 Å². The Bertz CT molecular complexity index is 361. The minimum Gasteiger partial charge on any atom is -0.465 e. The Morgan fingerprint density at radius 2 is 1.47 bits per heavy atom. The normalized spacial score (nSPS) is 15.0. The summed E-state index contributed by atoms with van der Waals surface area (Å²) in [5.74, 6) is -20.0. The minimum absolute atomic E-state index is 0.294. The van der Waals surface area contributed by atoms with Gasteiger partial charge in [-0.05, 0) is 13.8 Å². The first-order valence-corrected chi connectivity index (χ1v) is 4.80. The van der Waals surface area contributed by atoms with Crippen molar-refractivity contribution in [2.75, 3.05) is 6.61 Å². The van der Waals surface area contributed by atoms with Crippen molar-refractivity contribution in [3.63, 3.8) is 0 Å². The van der Waals surface area contributed by atoms with Crippen LogP contribution in [0.4, 0.5) is 30.7 Å². The van der Waals surface area contributed by atoms with Crippen LogP contribution in [0.2, 0.25) is 0 Å². The summed E-state index contributed by atoms with van der Waals surface area (Å²) in [7, 11) is 0. The van der Waals surface area contributed by atoms with Crippen LogP contribution < -0.4 is 0 Å². The predicted octanol–water partition coefficient (Wildman–Crippen LogP) is 2.59. The summed E-state index contributed by atoms with van der Waals surface area (Å²) in [5, 5.41) is 0. The van der Waals surface area contributed by atoms with Crippen molar-refractivity contribution in [3.05, 3.63) is 0 Å². The van der Waals surface area contributed by atoms with Gasteiger partial charge in [-0.2, -0.15) is 30.7 Å². The first kappa shape index (κ1) is 17.6. The van der Waals surface area contributed by atoms with E-state index in [-0.39, 0.29) is 0 Å². The number of carbonyl (C=O) groups excluding carboxylic acids is 2. The second-order valence-corrected chi connectivity index (χ2v) is 3.49. The predicted molar refractivity (Wildman–Crippen MR) is 46.8 cm³/mol. The highest BCUT2D eigenvalue weighted by Gasteiger charge is 2.77. The lowest BCUT2D eigenvalue weighted by atomic mass is 9.92. The van der Waals surface area contributed by atoms with Crippen LogP contribution >= 0.6 is 0 Å². The number of ether oxygens (including phenoxy) is 1. The van der Waals surface area contributed by atoms with Crippen molar-refractivity contribution in [1.29, 1.82) is 0 Å². The van der Waals surface area contributed by atoms with Crippen molar-refractivity contribution >= 4 is 11.8 Å². The summed E-state index contributed by atoms with van der Waals surface area (Å²) in [6.07, 6.45) is -6.61. The Labute approximate surface area is 102 Å². The van der Waals surface area contributed by atoms with Crippen LogP contribution in [0.3, 0.4) is 0 Å². The Balaban J connectivity index is 5.68. The number of halogens is 7. The van der Waals surface area contributed by atoms with Gasteiger partial charge in [0.15, 0.2) is 5.92 Å². The van der Waals surface area contributed by atoms with E-state index in [1.165, 1.54) is 0 Å². The molecule has 10 heteroatoms. The molecule has 0 amide bonds. The molecule has 1 atom stereocenters. The number of esters is 1. The second kappa shape index (κ2) is 5.33. The monoisotopic (exact) mass is 298 g/mol. The molecule has 0 bridgehead atoms. The highest BCUT2D eigenvalue weighted by atomic mass is 19.4. The maximum atomic E-state index is 13.2. The van der Waals surface area contributed by atoms with Crippen LogP contribution in [0.25, 0.3) is 0 Å². The summed E-state index contributed by atoms with van der Waals surface area (Å²) in [6.45, 7) is 0.841. The third-order valence-electron chi connectivity index (χ3n) is 2.07. The molecule has 0 radical (unpaired) electrons. The van der Waals surface area contributed by atoms with Gasteiger partial charge in [-0.15, -0.1) is 0 Å². The average molecular weight is 298 g/mol. The van der Waals surface area contributed by atoms with E-state index in [2.05, 4.69) is 4.74 Å². The topological polar surface area (TPSA) is 43.4 Å². The quantitative estimate of drug-likeness (QED) is 0.445. The molecule has 0 aliphatic heterocycles. The molecule has 0 spiro atoms. The SMILES string of the molecule is CCOC(=O)C(C(C)=O)C(F)(F)C(F)(F)C(F)(F)F. The first-order chi connectivity index (χ1) is 8.30. The number of alkyl halides is 7.